The molecule has 10 rings (SSSR count). The smallest absolute Gasteiger partial charge is 0.310 e. The number of ether oxygens (including phenoxy) is 1. The van der Waals surface area contributed by atoms with Crippen LogP contribution >= 0.6 is 0 Å². The van der Waals surface area contributed by atoms with Gasteiger partial charge in [0.05, 0.1) is 13.0 Å². The summed E-state index contributed by atoms with van der Waals surface area (Å²) in [7, 11) is 3.80. The number of hydrogen-bond donors (Lipinski definition) is 2. The number of benzene rings is 2. The number of likely N-dealkylation sites (tertiary alicyclic amines) is 1. The average Bonchev–Trinajstić information content (AvgIpc) is 3.60. The van der Waals surface area contributed by atoms with Gasteiger partial charge in [-0.1, -0.05) is 57.0 Å². The molecule has 2 aromatic carbocycles. The van der Waals surface area contributed by atoms with Crippen molar-refractivity contribution in [3.63, 3.8) is 0 Å². The summed E-state index contributed by atoms with van der Waals surface area (Å²) in [6, 6.07) is 17.0. The highest BCUT2D eigenvalue weighted by Gasteiger charge is 2.50. The number of esters is 1. The van der Waals surface area contributed by atoms with Gasteiger partial charge in [-0.25, -0.2) is 0 Å². The lowest BCUT2D eigenvalue weighted by Gasteiger charge is -2.53. The van der Waals surface area contributed by atoms with E-state index in [0.29, 0.717) is 17.9 Å². The zero-order chi connectivity index (χ0) is 31.3. The Morgan fingerprint density at radius 2 is 1.72 bits per heavy atom. The van der Waals surface area contributed by atoms with Crippen LogP contribution in [0.2, 0.25) is 0 Å². The third-order valence-electron chi connectivity index (χ3n) is 13.6. The van der Waals surface area contributed by atoms with E-state index in [9.17, 15) is 4.79 Å². The van der Waals surface area contributed by atoms with Gasteiger partial charge < -0.3 is 19.6 Å². The maximum atomic E-state index is 13.6. The molecule has 242 valence electrons. The van der Waals surface area contributed by atoms with Gasteiger partial charge in [-0.3, -0.25) is 9.69 Å². The largest absolute Gasteiger partial charge is 0.469 e. The number of piperidine rings is 3. The first-order valence-electron chi connectivity index (χ1n) is 18.2. The molecule has 2 aliphatic carbocycles. The number of nitrogens with one attached hydrogen (secondary N) is 2. The fourth-order valence-electron chi connectivity index (χ4n) is 11.6. The molecule has 4 fully saturated rings. The van der Waals surface area contributed by atoms with Crippen LogP contribution in [0.1, 0.15) is 85.9 Å². The molecule has 1 saturated carbocycles. The minimum atomic E-state index is -0.125. The van der Waals surface area contributed by atoms with Crippen molar-refractivity contribution in [1.82, 2.24) is 19.8 Å². The molecule has 2 N–H and O–H groups in total. The number of aromatic amines is 2. The van der Waals surface area contributed by atoms with Gasteiger partial charge in [0.25, 0.3) is 0 Å². The Labute approximate surface area is 273 Å². The van der Waals surface area contributed by atoms with E-state index in [1.54, 1.807) is 18.4 Å². The highest BCUT2D eigenvalue weighted by molar-refractivity contribution is 5.88. The quantitative estimate of drug-likeness (QED) is 0.237. The second kappa shape index (κ2) is 11.0. The summed E-state index contributed by atoms with van der Waals surface area (Å²) < 4.78 is 5.56. The number of carbonyl (C=O) groups is 1. The fourth-order valence-corrected chi connectivity index (χ4v) is 11.6. The van der Waals surface area contributed by atoms with E-state index in [2.05, 4.69) is 83.1 Å². The molecule has 2 aromatic heterocycles. The molecule has 3 saturated heterocycles. The Bertz CT molecular complexity index is 1800. The Morgan fingerprint density at radius 3 is 2.54 bits per heavy atom. The first-order valence-corrected chi connectivity index (χ1v) is 18.2. The van der Waals surface area contributed by atoms with Crippen molar-refractivity contribution < 1.29 is 9.53 Å². The molecule has 0 radical (unpaired) electrons. The molecule has 0 amide bonds. The predicted octanol–water partition coefficient (Wildman–Crippen LogP) is 7.23. The third kappa shape index (κ3) is 4.24. The highest BCUT2D eigenvalue weighted by Crippen LogP contribution is 2.52. The van der Waals surface area contributed by atoms with Gasteiger partial charge in [0.15, 0.2) is 0 Å². The minimum absolute atomic E-state index is 0.0354. The molecule has 6 bridgehead atoms. The molecule has 2 unspecified atom stereocenters. The normalized spacial score (nSPS) is 35.3. The van der Waals surface area contributed by atoms with E-state index in [4.69, 9.17) is 4.74 Å². The third-order valence-corrected chi connectivity index (χ3v) is 13.6. The number of likely N-dealkylation sites (N-methyl/N-ethyl adjacent to an activating group) is 1. The van der Waals surface area contributed by atoms with Crippen LogP contribution in [0, 0.1) is 29.6 Å². The van der Waals surface area contributed by atoms with Crippen LogP contribution in [0.3, 0.4) is 0 Å². The average molecular weight is 619 g/mol. The summed E-state index contributed by atoms with van der Waals surface area (Å²) in [5, 5.41) is 2.72. The maximum Gasteiger partial charge on any atom is 0.310 e. The molecule has 6 heterocycles. The first-order chi connectivity index (χ1) is 22.5. The Morgan fingerprint density at radius 1 is 0.913 bits per heavy atom. The van der Waals surface area contributed by atoms with Gasteiger partial charge in [-0.05, 0) is 91.6 Å². The van der Waals surface area contributed by atoms with E-state index >= 15 is 0 Å². The van der Waals surface area contributed by atoms with E-state index < -0.39 is 0 Å². The van der Waals surface area contributed by atoms with Crippen LogP contribution in [-0.2, 0) is 22.4 Å². The van der Waals surface area contributed by atoms with Gasteiger partial charge in [0.1, 0.15) is 0 Å². The number of aromatic nitrogens is 2. The van der Waals surface area contributed by atoms with Gasteiger partial charge in [0, 0.05) is 76.7 Å². The second-order valence-electron chi connectivity index (χ2n) is 15.6. The number of fused-ring (bicyclic) bond motifs is 9. The zero-order valence-electron chi connectivity index (χ0n) is 28.0. The number of nitrogens with zero attached hydrogens (tertiary/aromatic N) is 2. The van der Waals surface area contributed by atoms with Crippen molar-refractivity contribution in [1.29, 1.82) is 0 Å². The van der Waals surface area contributed by atoms with Crippen molar-refractivity contribution >= 4 is 27.8 Å². The summed E-state index contributed by atoms with van der Waals surface area (Å²) >= 11 is 0. The lowest BCUT2D eigenvalue weighted by molar-refractivity contribution is -0.155. The fraction of sp³-hybridized carbons (Fsp3) is 0.575. The molecular formula is C40H50N4O2. The number of hydrogen-bond acceptors (Lipinski definition) is 4. The minimum Gasteiger partial charge on any atom is -0.469 e. The SMILES string of the molecule is CCC1CN(C)[C@H]2Cc3c([nH]c4ccccc34)[C@@H](c3ccc4c5c([nH]c4c3)[C@@H]3C[C@H]4C[C@H](CC)[C@@H]3N(CC5)C4)C[C@@H]1[C@@H]2C(=O)OC. The van der Waals surface area contributed by atoms with E-state index in [0.717, 1.165) is 44.1 Å². The van der Waals surface area contributed by atoms with Crippen LogP contribution in [0.15, 0.2) is 42.5 Å². The summed E-state index contributed by atoms with van der Waals surface area (Å²) in [4.78, 5) is 27.0. The Hall–Kier alpha value is -3.09. The molecule has 4 aromatic rings. The summed E-state index contributed by atoms with van der Waals surface area (Å²) in [5.74, 6) is 3.07. The van der Waals surface area contributed by atoms with Gasteiger partial charge >= 0.3 is 5.97 Å². The van der Waals surface area contributed by atoms with Gasteiger partial charge in [0.2, 0.25) is 0 Å². The van der Waals surface area contributed by atoms with Crippen molar-refractivity contribution in [3.05, 3.63) is 70.5 Å². The van der Waals surface area contributed by atoms with Crippen molar-refractivity contribution in [3.8, 4) is 0 Å². The van der Waals surface area contributed by atoms with Crippen LogP contribution in [0.5, 0.6) is 0 Å². The molecule has 6 nitrogen and oxygen atoms in total. The highest BCUT2D eigenvalue weighted by atomic mass is 16.5. The van der Waals surface area contributed by atoms with Crippen molar-refractivity contribution in [2.75, 3.05) is 33.8 Å². The zero-order valence-corrected chi connectivity index (χ0v) is 28.0. The van der Waals surface area contributed by atoms with Gasteiger partial charge in [-0.15, -0.1) is 0 Å². The summed E-state index contributed by atoms with van der Waals surface area (Å²) in [6.45, 7) is 8.24. The molecule has 4 aliphatic heterocycles. The Balaban J connectivity index is 1.18. The van der Waals surface area contributed by atoms with Crippen LogP contribution in [-0.4, -0.2) is 71.6 Å². The molecular weight excluding hydrogens is 568 g/mol. The standard InChI is InChI=1S/C40H50N4O2/c1-5-23-15-22-16-32-37-28(13-14-44(20-22)39(23)32)27-12-11-25(17-34(27)42-37)30-18-29-24(6-2)21-43(3)35(36(29)40(45)46-4)19-31-26-9-7-8-10-33(26)41-38(30)31/h7-12,17,22-24,29-30,32,35-36,39,41-42H,5-6,13-16,18-21H2,1-4H3/t22-,23+,24?,29+,30-,32+,35+,36+,39+/m1/s1. The van der Waals surface area contributed by atoms with Crippen LogP contribution in [0.25, 0.3) is 21.8 Å². The number of carbonyl (C=O) groups excluding carboxylic acids is 1. The monoisotopic (exact) mass is 618 g/mol. The molecule has 10 atom stereocenters. The predicted molar refractivity (Wildman–Crippen MR) is 184 cm³/mol. The van der Waals surface area contributed by atoms with E-state index in [1.807, 2.05) is 0 Å². The lowest BCUT2D eigenvalue weighted by atomic mass is 9.64. The van der Waals surface area contributed by atoms with Crippen molar-refractivity contribution in [2.24, 2.45) is 29.6 Å². The van der Waals surface area contributed by atoms with E-state index in [-0.39, 0.29) is 29.8 Å². The van der Waals surface area contributed by atoms with Crippen LogP contribution in [0.4, 0.5) is 0 Å². The molecule has 46 heavy (non-hydrogen) atoms. The second-order valence-corrected chi connectivity index (χ2v) is 15.6. The number of rotatable bonds is 4. The number of H-pyrrole nitrogens is 2. The first kappa shape index (κ1) is 29.1. The lowest BCUT2D eigenvalue weighted by Crippen LogP contribution is -2.56. The van der Waals surface area contributed by atoms with Crippen molar-refractivity contribution in [2.45, 2.75) is 82.7 Å². The molecule has 6 heteroatoms. The molecule has 6 aliphatic rings. The molecule has 0 spiro atoms. The van der Waals surface area contributed by atoms with E-state index in [1.165, 1.54) is 71.0 Å². The number of methoxy groups -OCH3 is 1. The Kier molecular flexibility index (Phi) is 6.94. The number of para-hydroxylation sites is 1. The summed E-state index contributed by atoms with van der Waals surface area (Å²) in [5.41, 5.74) is 9.73. The van der Waals surface area contributed by atoms with Gasteiger partial charge in [-0.2, -0.15) is 0 Å². The summed E-state index contributed by atoms with van der Waals surface area (Å²) in [6.07, 6.45) is 8.10. The maximum absolute atomic E-state index is 13.6. The topological polar surface area (TPSA) is 64.4 Å². The van der Waals surface area contributed by atoms with Crippen LogP contribution < -0.4 is 0 Å².